The zero-order valence-electron chi connectivity index (χ0n) is 30.7. The predicted molar refractivity (Wildman–Crippen MR) is 239 cm³/mol. The Morgan fingerprint density at radius 2 is 0.893 bits per heavy atom. The maximum atomic E-state index is 2.41. The van der Waals surface area contributed by atoms with E-state index in [0.717, 1.165) is 22.7 Å². The number of aromatic nitrogens is 1. The number of benzene rings is 10. The first kappa shape index (κ1) is 32.0. The van der Waals surface area contributed by atoms with Gasteiger partial charge in [-0.05, 0) is 110 Å². The molecular weight excluding hydrogens is 677 g/mol. The Kier molecular flexibility index (Phi) is 7.53. The molecular formula is C54H36N2. The normalized spacial score (nSPS) is 11.6. The van der Waals surface area contributed by atoms with Crippen LogP contribution in [0.5, 0.6) is 0 Å². The third-order valence-electron chi connectivity index (χ3n) is 11.4. The molecule has 0 saturated carbocycles. The van der Waals surface area contributed by atoms with E-state index >= 15 is 0 Å². The minimum atomic E-state index is 1.09. The third kappa shape index (κ3) is 5.26. The second-order valence-electron chi connectivity index (χ2n) is 14.5. The molecule has 0 radical (unpaired) electrons. The van der Waals surface area contributed by atoms with Crippen LogP contribution in [0.1, 0.15) is 0 Å². The fourth-order valence-corrected chi connectivity index (χ4v) is 8.72. The van der Waals surface area contributed by atoms with Crippen LogP contribution in [0.3, 0.4) is 0 Å². The van der Waals surface area contributed by atoms with E-state index < -0.39 is 0 Å². The SMILES string of the molecule is c1ccc(-c2ccc(N(c3ccc(-n4c5ccccc5c5c6ccccc6ccc54)cc3)c3ccc(-c4ccc5ccccc5c4)c4ccccc34)cc2)cc1. The minimum Gasteiger partial charge on any atom is -0.310 e. The van der Waals surface area contributed by atoms with Crippen LogP contribution < -0.4 is 4.90 Å². The van der Waals surface area contributed by atoms with Crippen LogP contribution in [0.2, 0.25) is 0 Å². The molecule has 0 fully saturated rings. The first-order valence-corrected chi connectivity index (χ1v) is 19.3. The van der Waals surface area contributed by atoms with Crippen molar-refractivity contribution in [2.45, 2.75) is 0 Å². The van der Waals surface area contributed by atoms with Crippen LogP contribution in [-0.2, 0) is 0 Å². The lowest BCUT2D eigenvalue weighted by Gasteiger charge is -2.28. The van der Waals surface area contributed by atoms with Crippen LogP contribution in [0.15, 0.2) is 218 Å². The highest BCUT2D eigenvalue weighted by atomic mass is 15.1. The maximum Gasteiger partial charge on any atom is 0.0547 e. The van der Waals surface area contributed by atoms with E-state index in [1.807, 2.05) is 0 Å². The Morgan fingerprint density at radius 1 is 0.321 bits per heavy atom. The van der Waals surface area contributed by atoms with Crippen LogP contribution in [0, 0.1) is 0 Å². The van der Waals surface area contributed by atoms with E-state index in [4.69, 9.17) is 0 Å². The summed E-state index contributed by atoms with van der Waals surface area (Å²) in [7, 11) is 0. The van der Waals surface area contributed by atoms with E-state index in [1.54, 1.807) is 0 Å². The van der Waals surface area contributed by atoms with Gasteiger partial charge in [-0.25, -0.2) is 0 Å². The highest BCUT2D eigenvalue weighted by molar-refractivity contribution is 6.21. The van der Waals surface area contributed by atoms with E-state index in [0.29, 0.717) is 0 Å². The van der Waals surface area contributed by atoms with Crippen LogP contribution in [0.4, 0.5) is 17.1 Å². The summed E-state index contributed by atoms with van der Waals surface area (Å²) >= 11 is 0. The lowest BCUT2D eigenvalue weighted by molar-refractivity contribution is 1.17. The van der Waals surface area contributed by atoms with Gasteiger partial charge in [0.05, 0.1) is 16.7 Å². The van der Waals surface area contributed by atoms with Crippen LogP contribution >= 0.6 is 0 Å². The zero-order valence-corrected chi connectivity index (χ0v) is 30.7. The lowest BCUT2D eigenvalue weighted by atomic mass is 9.94. The molecule has 0 N–H and O–H groups in total. The van der Waals surface area contributed by atoms with Gasteiger partial charge < -0.3 is 9.47 Å². The molecule has 0 amide bonds. The van der Waals surface area contributed by atoms with Gasteiger partial charge in [-0.3, -0.25) is 0 Å². The average Bonchev–Trinajstić information content (AvgIpc) is 3.62. The maximum absolute atomic E-state index is 2.41. The third-order valence-corrected chi connectivity index (χ3v) is 11.4. The summed E-state index contributed by atoms with van der Waals surface area (Å²) < 4.78 is 2.41. The molecule has 1 heterocycles. The van der Waals surface area contributed by atoms with Gasteiger partial charge in [-0.15, -0.1) is 0 Å². The van der Waals surface area contributed by atoms with Crippen molar-refractivity contribution in [2.24, 2.45) is 0 Å². The molecule has 0 atom stereocenters. The Hall–Kier alpha value is -7.42. The first-order valence-electron chi connectivity index (χ1n) is 19.3. The van der Waals surface area contributed by atoms with Gasteiger partial charge in [0.15, 0.2) is 0 Å². The Bertz CT molecular complexity index is 3230. The van der Waals surface area contributed by atoms with E-state index in [2.05, 4.69) is 228 Å². The van der Waals surface area contributed by atoms with Crippen molar-refractivity contribution >= 4 is 71.2 Å². The summed E-state index contributed by atoms with van der Waals surface area (Å²) in [6, 6.07) is 79.5. The molecule has 11 rings (SSSR count). The predicted octanol–water partition coefficient (Wildman–Crippen LogP) is 15.0. The molecule has 0 aliphatic rings. The molecule has 262 valence electrons. The molecule has 1 aromatic heterocycles. The number of fused-ring (bicyclic) bond motifs is 7. The molecule has 0 aliphatic heterocycles. The first-order chi connectivity index (χ1) is 27.8. The van der Waals surface area contributed by atoms with Crippen molar-refractivity contribution < 1.29 is 0 Å². The number of para-hydroxylation sites is 1. The topological polar surface area (TPSA) is 8.17 Å². The number of hydrogen-bond donors (Lipinski definition) is 0. The van der Waals surface area contributed by atoms with Crippen molar-refractivity contribution in [1.82, 2.24) is 4.57 Å². The molecule has 10 aromatic carbocycles. The van der Waals surface area contributed by atoms with Crippen molar-refractivity contribution in [3.63, 3.8) is 0 Å². The molecule has 2 nitrogen and oxygen atoms in total. The van der Waals surface area contributed by atoms with Crippen molar-refractivity contribution in [3.8, 4) is 27.9 Å². The van der Waals surface area contributed by atoms with E-state index in [9.17, 15) is 0 Å². The lowest BCUT2D eigenvalue weighted by Crippen LogP contribution is -2.11. The van der Waals surface area contributed by atoms with Crippen LogP contribution in [-0.4, -0.2) is 4.57 Å². The second kappa shape index (κ2) is 13.2. The fourth-order valence-electron chi connectivity index (χ4n) is 8.72. The standard InChI is InChI=1S/C54H36N2/c1-2-12-37(13-3-1)39-24-27-43(28-25-39)55(52-35-33-46(48-18-8-9-19-49(48)52)42-23-22-38-14-4-5-16-41(38)36-42)44-29-31-45(32-30-44)56-51-21-11-10-20-50(51)54-47-17-7-6-15-40(47)26-34-53(54)56/h1-36H. The summed E-state index contributed by atoms with van der Waals surface area (Å²) in [4.78, 5) is 2.41. The van der Waals surface area contributed by atoms with Gasteiger partial charge in [0.2, 0.25) is 0 Å². The summed E-state index contributed by atoms with van der Waals surface area (Å²) in [5, 5.41) is 10.0. The minimum absolute atomic E-state index is 1.09. The molecule has 11 aromatic rings. The van der Waals surface area contributed by atoms with Gasteiger partial charge >= 0.3 is 0 Å². The second-order valence-corrected chi connectivity index (χ2v) is 14.5. The molecule has 0 aliphatic carbocycles. The Labute approximate surface area is 325 Å². The van der Waals surface area contributed by atoms with Gasteiger partial charge in [0, 0.05) is 33.2 Å². The molecule has 0 saturated heterocycles. The monoisotopic (exact) mass is 712 g/mol. The van der Waals surface area contributed by atoms with Crippen molar-refractivity contribution in [1.29, 1.82) is 0 Å². The molecule has 2 heteroatoms. The van der Waals surface area contributed by atoms with Crippen molar-refractivity contribution in [2.75, 3.05) is 4.90 Å². The smallest absolute Gasteiger partial charge is 0.0547 e. The number of hydrogen-bond acceptors (Lipinski definition) is 1. The molecule has 56 heavy (non-hydrogen) atoms. The van der Waals surface area contributed by atoms with Crippen molar-refractivity contribution in [3.05, 3.63) is 218 Å². The van der Waals surface area contributed by atoms with Gasteiger partial charge in [-0.1, -0.05) is 158 Å². The fraction of sp³-hybridized carbons (Fsp3) is 0. The molecule has 0 bridgehead atoms. The molecule has 0 unspecified atom stereocenters. The highest BCUT2D eigenvalue weighted by Gasteiger charge is 2.19. The van der Waals surface area contributed by atoms with E-state index in [1.165, 1.54) is 76.4 Å². The average molecular weight is 713 g/mol. The van der Waals surface area contributed by atoms with Gasteiger partial charge in [0.1, 0.15) is 0 Å². The summed E-state index contributed by atoms with van der Waals surface area (Å²) in [6.07, 6.45) is 0. The summed E-state index contributed by atoms with van der Waals surface area (Å²) in [5.74, 6) is 0. The summed E-state index contributed by atoms with van der Waals surface area (Å²) in [5.41, 5.74) is 11.7. The largest absolute Gasteiger partial charge is 0.310 e. The Morgan fingerprint density at radius 3 is 1.68 bits per heavy atom. The number of nitrogens with zero attached hydrogens (tertiary/aromatic N) is 2. The van der Waals surface area contributed by atoms with Gasteiger partial charge in [0.25, 0.3) is 0 Å². The van der Waals surface area contributed by atoms with Crippen LogP contribution in [0.25, 0.3) is 82.1 Å². The Balaban J connectivity index is 1.08. The number of anilines is 3. The number of rotatable bonds is 6. The van der Waals surface area contributed by atoms with Gasteiger partial charge in [-0.2, -0.15) is 0 Å². The summed E-state index contributed by atoms with van der Waals surface area (Å²) in [6.45, 7) is 0. The highest BCUT2D eigenvalue weighted by Crippen LogP contribution is 2.44. The quantitative estimate of drug-likeness (QED) is 0.167. The molecule has 0 spiro atoms. The van der Waals surface area contributed by atoms with E-state index in [-0.39, 0.29) is 0 Å². The zero-order chi connectivity index (χ0) is 37.0.